The number of aromatic nitrogens is 2. The average Bonchev–Trinajstić information content (AvgIpc) is 3.29. The summed E-state index contributed by atoms with van der Waals surface area (Å²) in [6.45, 7) is 5.34. The number of aliphatic hydroxyl groups excluding tert-OH is 1. The molecule has 1 unspecified atom stereocenters. The molecule has 2 atom stereocenters. The molecule has 2 aromatic carbocycles. The number of benzene rings is 2. The fraction of sp³-hybridized carbons (Fsp3) is 0.280. The summed E-state index contributed by atoms with van der Waals surface area (Å²) in [5.74, 6) is 0.671. The minimum absolute atomic E-state index is 0.0207. The zero-order valence-electron chi connectivity index (χ0n) is 17.9. The smallest absolute Gasteiger partial charge is 0.246 e. The van der Waals surface area contributed by atoms with Gasteiger partial charge in [-0.15, -0.1) is 0 Å². The molecule has 0 aliphatic carbocycles. The molecule has 1 aliphatic heterocycles. The molecule has 7 nitrogen and oxygen atoms in total. The number of amides is 1. The van der Waals surface area contributed by atoms with Crippen molar-refractivity contribution >= 4 is 5.91 Å². The number of nitrogens with zero attached hydrogens (tertiary/aromatic N) is 3. The number of nitrogens with two attached hydrogens (primary N) is 1. The van der Waals surface area contributed by atoms with Crippen LogP contribution in [-0.2, 0) is 11.4 Å². The van der Waals surface area contributed by atoms with Gasteiger partial charge in [0.05, 0.1) is 11.7 Å². The number of likely N-dealkylation sites (tertiary alicyclic amines) is 1. The van der Waals surface area contributed by atoms with Crippen molar-refractivity contribution in [1.82, 2.24) is 14.7 Å². The van der Waals surface area contributed by atoms with Gasteiger partial charge < -0.3 is 20.5 Å². The third-order valence-electron chi connectivity index (χ3n) is 5.71. The van der Waals surface area contributed by atoms with Crippen LogP contribution < -0.4 is 10.5 Å². The van der Waals surface area contributed by atoms with Crippen molar-refractivity contribution < 1.29 is 14.6 Å². The first-order valence-electron chi connectivity index (χ1n) is 10.8. The van der Waals surface area contributed by atoms with Crippen LogP contribution in [0.1, 0.15) is 36.2 Å². The molecule has 3 N–H and O–H groups in total. The Hall–Kier alpha value is -3.42. The summed E-state index contributed by atoms with van der Waals surface area (Å²) in [6.07, 6.45) is 3.75. The van der Waals surface area contributed by atoms with Gasteiger partial charge in [0.2, 0.25) is 5.91 Å². The first-order valence-corrected chi connectivity index (χ1v) is 10.8. The first-order chi connectivity index (χ1) is 15.5. The largest absolute Gasteiger partial charge is 0.489 e. The second kappa shape index (κ2) is 9.80. The Bertz CT molecular complexity index is 1060. The number of ether oxygens (including phenoxy) is 1. The SMILES string of the molecule is C=CC(=O)N1CCC[C@@H](n2cc(C(N)O)c(-c3ccc(OCc4ccccc4)cc3)n2)C1. The van der Waals surface area contributed by atoms with E-state index in [2.05, 4.69) is 6.58 Å². The lowest BCUT2D eigenvalue weighted by Crippen LogP contribution is -2.40. The Balaban J connectivity index is 1.52. The van der Waals surface area contributed by atoms with Crippen LogP contribution in [0.4, 0.5) is 0 Å². The molecule has 7 heteroatoms. The Labute approximate surface area is 187 Å². The lowest BCUT2D eigenvalue weighted by molar-refractivity contribution is -0.127. The number of aliphatic hydroxyl groups is 1. The Morgan fingerprint density at radius 3 is 2.69 bits per heavy atom. The highest BCUT2D eigenvalue weighted by Gasteiger charge is 2.26. The standard InChI is InChI=1S/C25H28N4O3/c1-2-23(30)28-14-6-9-20(15-28)29-16-22(25(26)31)24(27-29)19-10-12-21(13-11-19)32-17-18-7-4-3-5-8-18/h2-5,7-8,10-13,16,20,25,31H,1,6,9,14-15,17,26H2/t20-,25?/m1/s1. The summed E-state index contributed by atoms with van der Waals surface area (Å²) >= 11 is 0. The van der Waals surface area contributed by atoms with Crippen molar-refractivity contribution in [2.45, 2.75) is 31.7 Å². The molecule has 1 saturated heterocycles. The van der Waals surface area contributed by atoms with E-state index in [1.165, 1.54) is 6.08 Å². The molecule has 1 aliphatic rings. The van der Waals surface area contributed by atoms with E-state index in [4.69, 9.17) is 15.6 Å². The molecule has 1 aromatic heterocycles. The third-order valence-corrected chi connectivity index (χ3v) is 5.71. The molecule has 1 fully saturated rings. The van der Waals surface area contributed by atoms with E-state index in [-0.39, 0.29) is 11.9 Å². The Morgan fingerprint density at radius 2 is 2.00 bits per heavy atom. The average molecular weight is 433 g/mol. The molecule has 0 radical (unpaired) electrons. The van der Waals surface area contributed by atoms with Crippen LogP contribution in [0.3, 0.4) is 0 Å². The van der Waals surface area contributed by atoms with E-state index in [1.807, 2.05) is 59.3 Å². The van der Waals surface area contributed by atoms with E-state index in [0.717, 1.165) is 29.7 Å². The van der Waals surface area contributed by atoms with Gasteiger partial charge in [-0.3, -0.25) is 9.48 Å². The summed E-state index contributed by atoms with van der Waals surface area (Å²) in [7, 11) is 0. The van der Waals surface area contributed by atoms with Gasteiger partial charge in [0.25, 0.3) is 0 Å². The Morgan fingerprint density at radius 1 is 1.25 bits per heavy atom. The van der Waals surface area contributed by atoms with Crippen molar-refractivity contribution in [3.05, 3.63) is 84.6 Å². The van der Waals surface area contributed by atoms with Crippen LogP contribution in [0.2, 0.25) is 0 Å². The second-order valence-electron chi connectivity index (χ2n) is 7.94. The molecular formula is C25H28N4O3. The van der Waals surface area contributed by atoms with E-state index >= 15 is 0 Å². The van der Waals surface area contributed by atoms with Crippen LogP contribution in [0.15, 0.2) is 73.4 Å². The fourth-order valence-corrected chi connectivity index (χ4v) is 3.98. The normalized spacial score (nSPS) is 17.1. The van der Waals surface area contributed by atoms with Gasteiger partial charge in [0.1, 0.15) is 18.6 Å². The third kappa shape index (κ3) is 4.90. The quantitative estimate of drug-likeness (QED) is 0.441. The fourth-order valence-electron chi connectivity index (χ4n) is 3.98. The Kier molecular flexibility index (Phi) is 6.68. The number of piperidine rings is 1. The molecule has 2 heterocycles. The minimum atomic E-state index is -1.15. The summed E-state index contributed by atoms with van der Waals surface area (Å²) in [4.78, 5) is 13.8. The zero-order chi connectivity index (χ0) is 22.5. The van der Waals surface area contributed by atoms with Crippen LogP contribution >= 0.6 is 0 Å². The van der Waals surface area contributed by atoms with E-state index in [9.17, 15) is 9.90 Å². The number of carbonyl (C=O) groups is 1. The molecule has 0 bridgehead atoms. The van der Waals surface area contributed by atoms with Gasteiger partial charge in [-0.25, -0.2) is 0 Å². The molecule has 32 heavy (non-hydrogen) atoms. The van der Waals surface area contributed by atoms with E-state index in [1.54, 1.807) is 11.1 Å². The van der Waals surface area contributed by atoms with Crippen LogP contribution in [-0.4, -0.2) is 38.8 Å². The highest BCUT2D eigenvalue weighted by Crippen LogP contribution is 2.30. The molecule has 3 aromatic rings. The lowest BCUT2D eigenvalue weighted by Gasteiger charge is -2.32. The first kappa shape index (κ1) is 21.8. The van der Waals surface area contributed by atoms with Gasteiger partial charge in [0.15, 0.2) is 0 Å². The maximum Gasteiger partial charge on any atom is 0.246 e. The number of carbonyl (C=O) groups excluding carboxylic acids is 1. The molecule has 0 saturated carbocycles. The minimum Gasteiger partial charge on any atom is -0.489 e. The second-order valence-corrected chi connectivity index (χ2v) is 7.94. The van der Waals surface area contributed by atoms with Gasteiger partial charge in [-0.2, -0.15) is 5.10 Å². The molecule has 4 rings (SSSR count). The molecule has 166 valence electrons. The van der Waals surface area contributed by atoms with Crippen molar-refractivity contribution in [2.75, 3.05) is 13.1 Å². The predicted octanol–water partition coefficient (Wildman–Crippen LogP) is 3.43. The summed E-state index contributed by atoms with van der Waals surface area (Å²) < 4.78 is 7.68. The molecular weight excluding hydrogens is 404 g/mol. The molecule has 0 spiro atoms. The van der Waals surface area contributed by atoms with Crippen LogP contribution in [0, 0.1) is 0 Å². The molecule has 1 amide bonds. The van der Waals surface area contributed by atoms with Crippen molar-refractivity contribution in [2.24, 2.45) is 5.73 Å². The van der Waals surface area contributed by atoms with Gasteiger partial charge in [0, 0.05) is 30.4 Å². The zero-order valence-corrected chi connectivity index (χ0v) is 17.9. The van der Waals surface area contributed by atoms with Crippen molar-refractivity contribution in [3.8, 4) is 17.0 Å². The number of rotatable bonds is 7. The maximum absolute atomic E-state index is 12.0. The summed E-state index contributed by atoms with van der Waals surface area (Å²) in [5.41, 5.74) is 8.95. The summed E-state index contributed by atoms with van der Waals surface area (Å²) in [5, 5.41) is 14.9. The number of hydrogen-bond acceptors (Lipinski definition) is 5. The topological polar surface area (TPSA) is 93.6 Å². The van der Waals surface area contributed by atoms with Crippen LogP contribution in [0.5, 0.6) is 5.75 Å². The van der Waals surface area contributed by atoms with E-state index < -0.39 is 6.23 Å². The monoisotopic (exact) mass is 432 g/mol. The van der Waals surface area contributed by atoms with Gasteiger partial charge >= 0.3 is 0 Å². The predicted molar refractivity (Wildman–Crippen MR) is 123 cm³/mol. The maximum atomic E-state index is 12.0. The van der Waals surface area contributed by atoms with Gasteiger partial charge in [-0.05, 0) is 48.7 Å². The van der Waals surface area contributed by atoms with Crippen LogP contribution in [0.25, 0.3) is 11.3 Å². The van der Waals surface area contributed by atoms with Crippen molar-refractivity contribution in [3.63, 3.8) is 0 Å². The highest BCUT2D eigenvalue weighted by atomic mass is 16.5. The van der Waals surface area contributed by atoms with Gasteiger partial charge in [-0.1, -0.05) is 36.9 Å². The summed E-state index contributed by atoms with van der Waals surface area (Å²) in [6, 6.07) is 17.6. The number of hydrogen-bond donors (Lipinski definition) is 2. The lowest BCUT2D eigenvalue weighted by atomic mass is 10.1. The van der Waals surface area contributed by atoms with E-state index in [0.29, 0.717) is 31.0 Å². The highest BCUT2D eigenvalue weighted by molar-refractivity contribution is 5.87. The van der Waals surface area contributed by atoms with Crippen molar-refractivity contribution in [1.29, 1.82) is 0 Å².